The van der Waals surface area contributed by atoms with Crippen LogP contribution in [-0.4, -0.2) is 17.6 Å². The second-order valence-corrected chi connectivity index (χ2v) is 4.02. The Labute approximate surface area is 77.7 Å². The minimum Gasteiger partial charge on any atom is -0.481 e. The molecule has 3 rings (SSSR count). The molecule has 4 heteroatoms. The summed E-state index contributed by atoms with van der Waals surface area (Å²) in [5.41, 5.74) is 5.81. The van der Waals surface area contributed by atoms with Crippen molar-refractivity contribution >= 4 is 18.4 Å². The molecule has 3 nitrogen and oxygen atoms in total. The van der Waals surface area contributed by atoms with E-state index in [1.807, 2.05) is 0 Å². The molecule has 3 saturated carbocycles. The Morgan fingerprint density at radius 3 is 2.33 bits per heavy atom. The summed E-state index contributed by atoms with van der Waals surface area (Å²) < 4.78 is 0. The molecule has 3 fully saturated rings. The van der Waals surface area contributed by atoms with Crippen LogP contribution in [0.2, 0.25) is 0 Å². The summed E-state index contributed by atoms with van der Waals surface area (Å²) in [6, 6.07) is 0. The number of nitrogens with two attached hydrogens (primary N) is 1. The van der Waals surface area contributed by atoms with Crippen LogP contribution >= 0.6 is 12.4 Å². The zero-order valence-corrected chi connectivity index (χ0v) is 7.64. The molecule has 3 aliphatic rings. The molecule has 0 spiro atoms. The Bertz CT molecular complexity index is 201. The molecule has 0 aromatic carbocycles. The van der Waals surface area contributed by atoms with E-state index in [0.29, 0.717) is 12.5 Å². The lowest BCUT2D eigenvalue weighted by molar-refractivity contribution is -0.142. The lowest BCUT2D eigenvalue weighted by Crippen LogP contribution is -2.35. The number of rotatable bonds is 2. The Kier molecular flexibility index (Phi) is 2.36. The second kappa shape index (κ2) is 2.89. The van der Waals surface area contributed by atoms with E-state index < -0.39 is 5.97 Å². The maximum Gasteiger partial charge on any atom is 0.306 e. The van der Waals surface area contributed by atoms with Gasteiger partial charge in [0.2, 0.25) is 0 Å². The van der Waals surface area contributed by atoms with E-state index in [-0.39, 0.29) is 23.7 Å². The van der Waals surface area contributed by atoms with E-state index >= 15 is 0 Å². The van der Waals surface area contributed by atoms with Gasteiger partial charge in [0.05, 0.1) is 5.92 Å². The van der Waals surface area contributed by atoms with Crippen molar-refractivity contribution < 1.29 is 9.90 Å². The summed E-state index contributed by atoms with van der Waals surface area (Å²) in [4.78, 5) is 10.7. The van der Waals surface area contributed by atoms with Gasteiger partial charge in [-0.3, -0.25) is 4.79 Å². The van der Waals surface area contributed by atoms with Gasteiger partial charge >= 0.3 is 5.97 Å². The van der Waals surface area contributed by atoms with Gasteiger partial charge in [0.25, 0.3) is 0 Å². The lowest BCUT2D eigenvalue weighted by atomic mass is 9.69. The fourth-order valence-corrected chi connectivity index (χ4v) is 2.68. The first-order chi connectivity index (χ1) is 5.17. The van der Waals surface area contributed by atoms with Crippen molar-refractivity contribution in [3.63, 3.8) is 0 Å². The molecule has 3 aliphatic carbocycles. The molecule has 2 bridgehead atoms. The van der Waals surface area contributed by atoms with E-state index in [4.69, 9.17) is 10.8 Å². The smallest absolute Gasteiger partial charge is 0.306 e. The van der Waals surface area contributed by atoms with Gasteiger partial charge in [-0.25, -0.2) is 0 Å². The first kappa shape index (κ1) is 9.81. The highest BCUT2D eigenvalue weighted by Crippen LogP contribution is 2.61. The Balaban J connectivity index is 0.000000720. The largest absolute Gasteiger partial charge is 0.481 e. The van der Waals surface area contributed by atoms with Crippen LogP contribution in [0.3, 0.4) is 0 Å². The fraction of sp³-hybridized carbons (Fsp3) is 0.875. The molecule has 0 aromatic rings. The molecule has 0 aliphatic heterocycles. The number of halogens is 1. The highest BCUT2D eigenvalue weighted by atomic mass is 35.5. The van der Waals surface area contributed by atoms with Crippen molar-refractivity contribution in [1.29, 1.82) is 0 Å². The first-order valence-corrected chi connectivity index (χ1v) is 4.10. The van der Waals surface area contributed by atoms with Crippen molar-refractivity contribution in [2.75, 3.05) is 6.54 Å². The van der Waals surface area contributed by atoms with E-state index in [0.717, 1.165) is 19.3 Å². The van der Waals surface area contributed by atoms with Crippen LogP contribution in [0.25, 0.3) is 0 Å². The van der Waals surface area contributed by atoms with Crippen molar-refractivity contribution in [2.24, 2.45) is 23.0 Å². The van der Waals surface area contributed by atoms with Gasteiger partial charge in [-0.15, -0.1) is 12.4 Å². The van der Waals surface area contributed by atoms with Crippen molar-refractivity contribution in [1.82, 2.24) is 0 Å². The number of carboxylic acid groups (broad SMARTS) is 1. The SMILES string of the molecule is Cl.NCC12CC(C1)C(C(=O)O)C2. The van der Waals surface area contributed by atoms with Gasteiger partial charge in [0, 0.05) is 0 Å². The monoisotopic (exact) mass is 191 g/mol. The molecule has 1 atom stereocenters. The van der Waals surface area contributed by atoms with E-state index in [9.17, 15) is 4.79 Å². The average molecular weight is 192 g/mol. The number of aliphatic carboxylic acids is 1. The third kappa shape index (κ3) is 1.12. The van der Waals surface area contributed by atoms with Gasteiger partial charge in [-0.1, -0.05) is 0 Å². The number of hydrogen-bond acceptors (Lipinski definition) is 2. The lowest BCUT2D eigenvalue weighted by Gasteiger charge is -2.37. The van der Waals surface area contributed by atoms with E-state index in [1.165, 1.54) is 0 Å². The Hall–Kier alpha value is -0.280. The third-order valence-electron chi connectivity index (χ3n) is 3.36. The van der Waals surface area contributed by atoms with Gasteiger partial charge in [0.15, 0.2) is 0 Å². The normalized spacial score (nSPS) is 43.1. The maximum atomic E-state index is 10.7. The van der Waals surface area contributed by atoms with Gasteiger partial charge in [-0.05, 0) is 37.1 Å². The maximum absolute atomic E-state index is 10.7. The highest BCUT2D eigenvalue weighted by molar-refractivity contribution is 5.85. The molecule has 0 saturated heterocycles. The molecule has 70 valence electrons. The second-order valence-electron chi connectivity index (χ2n) is 4.02. The zero-order chi connectivity index (χ0) is 8.06. The predicted octanol–water partition coefficient (Wildman–Crippen LogP) is 0.868. The van der Waals surface area contributed by atoms with E-state index in [1.54, 1.807) is 0 Å². The number of carbonyl (C=O) groups is 1. The Morgan fingerprint density at radius 1 is 1.50 bits per heavy atom. The van der Waals surface area contributed by atoms with Crippen LogP contribution < -0.4 is 5.73 Å². The van der Waals surface area contributed by atoms with Gasteiger partial charge in [0.1, 0.15) is 0 Å². The molecular weight excluding hydrogens is 178 g/mol. The van der Waals surface area contributed by atoms with Gasteiger partial charge in [-0.2, -0.15) is 0 Å². The minimum atomic E-state index is -0.622. The summed E-state index contributed by atoms with van der Waals surface area (Å²) in [7, 11) is 0. The van der Waals surface area contributed by atoms with Crippen LogP contribution in [0.15, 0.2) is 0 Å². The summed E-state index contributed by atoms with van der Waals surface area (Å²) >= 11 is 0. The molecule has 0 amide bonds. The first-order valence-electron chi connectivity index (χ1n) is 4.10. The Morgan fingerprint density at radius 2 is 2.08 bits per heavy atom. The average Bonchev–Trinajstić information content (AvgIpc) is 2.38. The van der Waals surface area contributed by atoms with Crippen LogP contribution in [0.4, 0.5) is 0 Å². The molecule has 1 unspecified atom stereocenters. The molecule has 0 heterocycles. The standard InChI is InChI=1S/C8H13NO2.ClH/c9-4-8-1-5(2-8)6(3-8)7(10)11;/h5-6H,1-4,9H2,(H,10,11);1H. The molecule has 0 aromatic heterocycles. The number of hydrogen-bond donors (Lipinski definition) is 2. The fourth-order valence-electron chi connectivity index (χ4n) is 2.68. The molecular formula is C8H14ClNO2. The van der Waals surface area contributed by atoms with Crippen molar-refractivity contribution in [2.45, 2.75) is 19.3 Å². The molecule has 0 radical (unpaired) electrons. The molecule has 12 heavy (non-hydrogen) atoms. The van der Waals surface area contributed by atoms with Crippen LogP contribution in [0.5, 0.6) is 0 Å². The number of carboxylic acids is 1. The van der Waals surface area contributed by atoms with Crippen LogP contribution in [-0.2, 0) is 4.79 Å². The molecule has 3 N–H and O–H groups in total. The highest BCUT2D eigenvalue weighted by Gasteiger charge is 2.57. The minimum absolute atomic E-state index is 0. The summed E-state index contributed by atoms with van der Waals surface area (Å²) in [6.45, 7) is 0.674. The quantitative estimate of drug-likeness (QED) is 0.681. The number of fused-ring (bicyclic) bond motifs is 1. The summed E-state index contributed by atoms with van der Waals surface area (Å²) in [6.07, 6.45) is 2.93. The predicted molar refractivity (Wildman–Crippen MR) is 47.2 cm³/mol. The van der Waals surface area contributed by atoms with Gasteiger partial charge < -0.3 is 10.8 Å². The van der Waals surface area contributed by atoms with Crippen molar-refractivity contribution in [3.05, 3.63) is 0 Å². The third-order valence-corrected chi connectivity index (χ3v) is 3.36. The summed E-state index contributed by atoms with van der Waals surface area (Å²) in [5.74, 6) is -0.266. The van der Waals surface area contributed by atoms with Crippen molar-refractivity contribution in [3.8, 4) is 0 Å². The van der Waals surface area contributed by atoms with E-state index in [2.05, 4.69) is 0 Å². The topological polar surface area (TPSA) is 63.3 Å². The van der Waals surface area contributed by atoms with Crippen LogP contribution in [0.1, 0.15) is 19.3 Å². The van der Waals surface area contributed by atoms with Crippen LogP contribution in [0, 0.1) is 17.3 Å². The zero-order valence-electron chi connectivity index (χ0n) is 6.82. The summed E-state index contributed by atoms with van der Waals surface area (Å²) in [5, 5.41) is 8.78.